The van der Waals surface area contributed by atoms with Crippen LogP contribution in [0.15, 0.2) is 48.7 Å². The third-order valence-electron chi connectivity index (χ3n) is 12.1. The Morgan fingerprint density at radius 3 is 1.97 bits per heavy atom. The maximum Gasteiger partial charge on any atom is 0.340 e. The van der Waals surface area contributed by atoms with E-state index in [0.29, 0.717) is 0 Å². The van der Waals surface area contributed by atoms with Crippen LogP contribution in [-0.4, -0.2) is 124 Å². The van der Waals surface area contributed by atoms with Crippen molar-refractivity contribution in [3.8, 4) is 0 Å². The summed E-state index contributed by atoms with van der Waals surface area (Å²) >= 11 is 0. The Balaban J connectivity index is 1.77. The van der Waals surface area contributed by atoms with Gasteiger partial charge in [-0.3, -0.25) is 33.8 Å². The van der Waals surface area contributed by atoms with Crippen molar-refractivity contribution >= 4 is 47.8 Å². The quantitative estimate of drug-likeness (QED) is 0.295. The summed E-state index contributed by atoms with van der Waals surface area (Å²) in [4.78, 5) is 113. The molecular weight excluding hydrogens is 818 g/mol. The molecule has 4 bridgehead atoms. The first kappa shape index (κ1) is 45.6. The van der Waals surface area contributed by atoms with Gasteiger partial charge in [0, 0.05) is 40.8 Å². The molecule has 0 amide bonds. The molecule has 19 heteroatoms. The van der Waals surface area contributed by atoms with Crippen molar-refractivity contribution in [1.29, 1.82) is 0 Å². The molecular formula is C43H49NO18. The van der Waals surface area contributed by atoms with Crippen LogP contribution in [-0.2, 0) is 77.8 Å². The molecule has 1 aromatic heterocycles. The van der Waals surface area contributed by atoms with Gasteiger partial charge < -0.3 is 47.7 Å². The number of aryl methyl sites for hydroxylation is 1. The number of carbonyl (C=O) groups is 8. The van der Waals surface area contributed by atoms with Gasteiger partial charge in [-0.1, -0.05) is 25.1 Å². The average molecular weight is 868 g/mol. The maximum atomic E-state index is 14.4. The Morgan fingerprint density at radius 1 is 0.774 bits per heavy atom. The van der Waals surface area contributed by atoms with Crippen LogP contribution in [0.4, 0.5) is 0 Å². The molecule has 2 aliphatic carbocycles. The summed E-state index contributed by atoms with van der Waals surface area (Å²) in [6, 6.07) is 10.4. The lowest BCUT2D eigenvalue weighted by Crippen LogP contribution is -2.89. The molecule has 1 spiro atoms. The molecule has 12 atom stereocenters. The minimum Gasteiger partial charge on any atom is -0.465 e. The molecule has 2 aliphatic heterocycles. The molecule has 1 saturated heterocycles. The monoisotopic (exact) mass is 867 g/mol. The molecule has 0 radical (unpaired) electrons. The molecule has 62 heavy (non-hydrogen) atoms. The Hall–Kier alpha value is -5.95. The van der Waals surface area contributed by atoms with E-state index in [1.54, 1.807) is 6.07 Å². The summed E-state index contributed by atoms with van der Waals surface area (Å²) in [5, 5.41) is 13.6. The Labute approximate surface area is 355 Å². The smallest absolute Gasteiger partial charge is 0.340 e. The number of cyclic esters (lactones) is 1. The van der Waals surface area contributed by atoms with Crippen LogP contribution >= 0.6 is 0 Å². The van der Waals surface area contributed by atoms with E-state index in [4.69, 9.17) is 42.6 Å². The van der Waals surface area contributed by atoms with Crippen LogP contribution in [0.25, 0.3) is 0 Å². The van der Waals surface area contributed by atoms with Gasteiger partial charge in [-0.25, -0.2) is 9.59 Å². The maximum absolute atomic E-state index is 14.4. The van der Waals surface area contributed by atoms with Crippen molar-refractivity contribution in [3.63, 3.8) is 0 Å². The van der Waals surface area contributed by atoms with Gasteiger partial charge in [-0.15, -0.1) is 0 Å². The largest absolute Gasteiger partial charge is 0.465 e. The Morgan fingerprint density at radius 2 is 1.37 bits per heavy atom. The molecule has 3 fully saturated rings. The Kier molecular flexibility index (Phi) is 12.6. The van der Waals surface area contributed by atoms with Gasteiger partial charge in [-0.2, -0.15) is 0 Å². The first-order chi connectivity index (χ1) is 29.1. The molecule has 2 aromatic rings. The van der Waals surface area contributed by atoms with Crippen LogP contribution in [0.5, 0.6) is 0 Å². The van der Waals surface area contributed by atoms with E-state index in [1.807, 2.05) is 0 Å². The van der Waals surface area contributed by atoms with Crippen LogP contribution < -0.4 is 0 Å². The van der Waals surface area contributed by atoms with Crippen LogP contribution in [0.3, 0.4) is 0 Å². The summed E-state index contributed by atoms with van der Waals surface area (Å²) in [5.74, 6) is -10.7. The predicted molar refractivity (Wildman–Crippen MR) is 205 cm³/mol. The normalized spacial score (nSPS) is 35.0. The van der Waals surface area contributed by atoms with Gasteiger partial charge >= 0.3 is 47.8 Å². The van der Waals surface area contributed by atoms with Crippen LogP contribution in [0, 0.1) is 17.3 Å². The molecule has 3 heterocycles. The van der Waals surface area contributed by atoms with E-state index >= 15 is 0 Å². The van der Waals surface area contributed by atoms with E-state index in [1.165, 1.54) is 56.4 Å². The number of pyridine rings is 1. The molecule has 1 unspecified atom stereocenters. The second-order valence-corrected chi connectivity index (χ2v) is 16.4. The lowest BCUT2D eigenvalue weighted by Gasteiger charge is -2.67. The number of carbonyl (C=O) groups excluding carboxylic acids is 8. The summed E-state index contributed by atoms with van der Waals surface area (Å²) in [6.07, 6.45) is -10.6. The molecule has 1 aromatic carbocycles. The second kappa shape index (κ2) is 17.1. The molecule has 6 rings (SSSR count). The summed E-state index contributed by atoms with van der Waals surface area (Å²) in [7, 11) is 0. The lowest BCUT2D eigenvalue weighted by atomic mass is 9.45. The predicted octanol–water partition coefficient (Wildman–Crippen LogP) is 2.16. The van der Waals surface area contributed by atoms with Crippen LogP contribution in [0.1, 0.15) is 88.2 Å². The van der Waals surface area contributed by atoms with Gasteiger partial charge in [0.1, 0.15) is 42.0 Å². The number of hydrogen-bond donors (Lipinski definition) is 1. The van der Waals surface area contributed by atoms with E-state index in [9.17, 15) is 43.5 Å². The van der Waals surface area contributed by atoms with Gasteiger partial charge in [0.25, 0.3) is 0 Å². The fourth-order valence-electron chi connectivity index (χ4n) is 9.73. The van der Waals surface area contributed by atoms with Gasteiger partial charge in [-0.05, 0) is 51.0 Å². The van der Waals surface area contributed by atoms with Crippen LogP contribution in [0.2, 0.25) is 0 Å². The number of aliphatic hydroxyl groups is 1. The van der Waals surface area contributed by atoms with Gasteiger partial charge in [0.2, 0.25) is 0 Å². The minimum absolute atomic E-state index is 0.0225. The fraction of sp³-hybridized carbons (Fsp3) is 0.558. The molecule has 334 valence electrons. The second-order valence-electron chi connectivity index (χ2n) is 16.4. The third-order valence-corrected chi connectivity index (χ3v) is 12.1. The van der Waals surface area contributed by atoms with Crippen molar-refractivity contribution in [2.75, 3.05) is 13.2 Å². The average Bonchev–Trinajstić information content (AvgIpc) is 3.41. The molecule has 1 N–H and O–H groups in total. The topological polar surface area (TPSA) is 253 Å². The first-order valence-electron chi connectivity index (χ1n) is 19.9. The molecule has 2 saturated carbocycles. The Bertz CT molecular complexity index is 2140. The number of rotatable bonds is 8. The highest BCUT2D eigenvalue weighted by atomic mass is 16.7. The number of hydrogen-bond acceptors (Lipinski definition) is 19. The summed E-state index contributed by atoms with van der Waals surface area (Å²) < 4.78 is 55.3. The van der Waals surface area contributed by atoms with Crippen molar-refractivity contribution in [1.82, 2.24) is 4.98 Å². The third kappa shape index (κ3) is 7.76. The van der Waals surface area contributed by atoms with Crippen molar-refractivity contribution in [2.45, 2.75) is 122 Å². The van der Waals surface area contributed by atoms with E-state index in [0.717, 1.165) is 41.5 Å². The van der Waals surface area contributed by atoms with Gasteiger partial charge in [0.05, 0.1) is 28.7 Å². The van der Waals surface area contributed by atoms with Gasteiger partial charge in [0.15, 0.2) is 30.0 Å². The fourth-order valence-corrected chi connectivity index (χ4v) is 9.73. The first-order valence-corrected chi connectivity index (χ1v) is 19.9. The number of nitrogens with zero attached hydrogens (tertiary/aromatic N) is 1. The van der Waals surface area contributed by atoms with Crippen molar-refractivity contribution in [2.24, 2.45) is 17.3 Å². The SMILES string of the molecule is CC(=O)OC[C@]12[C@H](OC(C)=O)[C@H](OC(C)=O)[C@@H]3[C@@H](OC(C)=O)[C@@]14O[C@@]3(C)COC(=O)c1cccnc1CCC(C)C(=O)O[C@@H]([C@H](OC(=O)c1ccccc1)[C@@H]2OC(C)=O)[C@]4(C)O. The van der Waals surface area contributed by atoms with E-state index < -0.39 is 132 Å². The summed E-state index contributed by atoms with van der Waals surface area (Å²) in [6.45, 7) is 7.16. The highest BCUT2D eigenvalue weighted by Gasteiger charge is 2.92. The number of esters is 8. The zero-order chi connectivity index (χ0) is 45.5. The number of benzene rings is 1. The zero-order valence-electron chi connectivity index (χ0n) is 35.4. The number of aromatic nitrogens is 1. The van der Waals surface area contributed by atoms with Crippen molar-refractivity contribution < 1.29 is 86.1 Å². The highest BCUT2D eigenvalue weighted by Crippen LogP contribution is 2.70. The standard InChI is InChI=1S/C43H49NO18/c1-21-16-17-29-28(15-12-18-44-29)39(52)55-19-40(7)30-31(56-23(3)46)35(58-25(5)48)42(20-54-22(2)45)36(59-26(6)49)32(60-38(51)27-13-10-9-11-14-27)34(61-37(21)50)41(8,53)43(42,62-40)33(30)57-24(4)47/h9-15,18,21,30-36,53H,16-17,19-20H2,1-8H3/t21?,30-,31-,32+,33-,34+,35-,36+,40+,41+,42-,43+/m1/s1. The highest BCUT2D eigenvalue weighted by molar-refractivity contribution is 5.91. The molecule has 4 aliphatic rings. The van der Waals surface area contributed by atoms with E-state index in [2.05, 4.69) is 4.98 Å². The minimum atomic E-state index is -2.86. The number of fused-ring (bicyclic) bond motifs is 5. The van der Waals surface area contributed by atoms with Crippen molar-refractivity contribution in [3.05, 3.63) is 65.5 Å². The van der Waals surface area contributed by atoms with E-state index in [-0.39, 0.29) is 29.7 Å². The molecule has 19 nitrogen and oxygen atoms in total. The lowest BCUT2D eigenvalue weighted by molar-refractivity contribution is -0.386. The zero-order valence-corrected chi connectivity index (χ0v) is 35.4. The number of ether oxygens (including phenoxy) is 9. The summed E-state index contributed by atoms with van der Waals surface area (Å²) in [5.41, 5.74) is -10.1.